The minimum Gasteiger partial charge on any atom is -0.351 e. The molecule has 2 heterocycles. The maximum atomic E-state index is 12.3. The summed E-state index contributed by atoms with van der Waals surface area (Å²) >= 11 is 12.0. The molecule has 10 heteroatoms. The van der Waals surface area contributed by atoms with Crippen molar-refractivity contribution in [2.45, 2.75) is 13.2 Å². The van der Waals surface area contributed by atoms with Crippen LogP contribution in [-0.2, 0) is 9.47 Å². The summed E-state index contributed by atoms with van der Waals surface area (Å²) in [6, 6.07) is 14.3. The molecule has 0 bridgehead atoms. The Kier molecular flexibility index (Phi) is 7.74. The third kappa shape index (κ3) is 6.09. The lowest BCUT2D eigenvalue weighted by Crippen LogP contribution is -2.31. The smallest absolute Gasteiger partial charge is 0.267 e. The Morgan fingerprint density at radius 1 is 0.794 bits per heavy atom. The normalized spacial score (nSPS) is 11.4. The Morgan fingerprint density at radius 3 is 1.68 bits per heavy atom. The summed E-state index contributed by atoms with van der Waals surface area (Å²) < 4.78 is 11.1. The molecule has 34 heavy (non-hydrogen) atoms. The molecule has 0 fully saturated rings. The number of carbonyl (C=O) groups is 2. The number of H-pyrrole nitrogens is 2. The van der Waals surface area contributed by atoms with Crippen molar-refractivity contribution in [1.82, 2.24) is 20.6 Å². The van der Waals surface area contributed by atoms with Gasteiger partial charge >= 0.3 is 0 Å². The Hall–Kier alpha value is -3.04. The van der Waals surface area contributed by atoms with Crippen LogP contribution >= 0.6 is 23.2 Å². The fraction of sp³-hybridized carbons (Fsp3) is 0.250. The fourth-order valence-electron chi connectivity index (χ4n) is 3.47. The number of carbonyl (C=O) groups excluding carboxylic acids is 2. The predicted molar refractivity (Wildman–Crippen MR) is 133 cm³/mol. The van der Waals surface area contributed by atoms with Crippen molar-refractivity contribution in [3.63, 3.8) is 0 Å². The minimum absolute atomic E-state index is 0.230. The topological polar surface area (TPSA) is 108 Å². The molecule has 0 atom stereocenters. The molecule has 0 aliphatic heterocycles. The van der Waals surface area contributed by atoms with Crippen molar-refractivity contribution in [2.24, 2.45) is 0 Å². The SMILES string of the molecule is CC(OCCNC(=O)c1cc2cc(Cl)ccc2[nH]1)OCCNC(=O)c1cc2cc(Cl)ccc2[nH]1. The van der Waals surface area contributed by atoms with Crippen LogP contribution in [0.2, 0.25) is 10.0 Å². The van der Waals surface area contributed by atoms with E-state index in [-0.39, 0.29) is 25.0 Å². The van der Waals surface area contributed by atoms with Gasteiger partial charge in [0, 0.05) is 44.9 Å². The molecular formula is C24H24Cl2N4O4. The summed E-state index contributed by atoms with van der Waals surface area (Å²) in [6.07, 6.45) is -0.487. The van der Waals surface area contributed by atoms with Crippen molar-refractivity contribution in [3.8, 4) is 0 Å². The summed E-state index contributed by atoms with van der Waals surface area (Å²) in [4.78, 5) is 30.7. The van der Waals surface area contributed by atoms with Crippen LogP contribution in [0.5, 0.6) is 0 Å². The zero-order valence-electron chi connectivity index (χ0n) is 18.4. The molecule has 0 aliphatic carbocycles. The summed E-state index contributed by atoms with van der Waals surface area (Å²) in [6.45, 7) is 2.96. The lowest BCUT2D eigenvalue weighted by atomic mass is 10.2. The molecule has 8 nitrogen and oxygen atoms in total. The number of nitrogens with one attached hydrogen (secondary N) is 4. The van der Waals surface area contributed by atoms with E-state index in [0.717, 1.165) is 21.8 Å². The maximum absolute atomic E-state index is 12.3. The molecule has 2 aromatic heterocycles. The second kappa shape index (κ2) is 10.9. The number of benzene rings is 2. The van der Waals surface area contributed by atoms with E-state index in [4.69, 9.17) is 32.7 Å². The van der Waals surface area contributed by atoms with E-state index in [2.05, 4.69) is 20.6 Å². The predicted octanol–water partition coefficient (Wildman–Crippen LogP) is 4.50. The van der Waals surface area contributed by atoms with Crippen LogP contribution in [0.3, 0.4) is 0 Å². The van der Waals surface area contributed by atoms with E-state index in [1.54, 1.807) is 43.3 Å². The van der Waals surface area contributed by atoms with Crippen molar-refractivity contribution >= 4 is 56.8 Å². The lowest BCUT2D eigenvalue weighted by Gasteiger charge is -2.14. The highest BCUT2D eigenvalue weighted by Crippen LogP contribution is 2.21. The molecule has 178 valence electrons. The Bertz CT molecular complexity index is 1220. The average molecular weight is 503 g/mol. The number of hydrogen-bond acceptors (Lipinski definition) is 4. The first-order valence-corrected chi connectivity index (χ1v) is 11.5. The molecule has 4 rings (SSSR count). The first-order valence-electron chi connectivity index (χ1n) is 10.8. The highest BCUT2D eigenvalue weighted by Gasteiger charge is 2.11. The second-order valence-electron chi connectivity index (χ2n) is 7.65. The van der Waals surface area contributed by atoms with Crippen LogP contribution in [0.15, 0.2) is 48.5 Å². The quantitative estimate of drug-likeness (QED) is 0.189. The van der Waals surface area contributed by atoms with Crippen molar-refractivity contribution in [2.75, 3.05) is 26.3 Å². The van der Waals surface area contributed by atoms with E-state index in [9.17, 15) is 9.59 Å². The van der Waals surface area contributed by atoms with E-state index in [1.807, 2.05) is 12.1 Å². The van der Waals surface area contributed by atoms with Gasteiger partial charge in [0.2, 0.25) is 0 Å². The van der Waals surface area contributed by atoms with Crippen molar-refractivity contribution < 1.29 is 19.1 Å². The zero-order valence-corrected chi connectivity index (χ0v) is 19.9. The summed E-state index contributed by atoms with van der Waals surface area (Å²) in [7, 11) is 0. The first-order chi connectivity index (χ1) is 16.4. The van der Waals surface area contributed by atoms with Gasteiger partial charge in [-0.25, -0.2) is 0 Å². The number of hydrogen-bond donors (Lipinski definition) is 4. The Labute approximate surface area is 205 Å². The average Bonchev–Trinajstić information content (AvgIpc) is 3.42. The number of amides is 2. The van der Waals surface area contributed by atoms with Crippen LogP contribution < -0.4 is 10.6 Å². The van der Waals surface area contributed by atoms with Crippen molar-refractivity contribution in [1.29, 1.82) is 0 Å². The van der Waals surface area contributed by atoms with Crippen LogP contribution in [0.4, 0.5) is 0 Å². The highest BCUT2D eigenvalue weighted by atomic mass is 35.5. The summed E-state index contributed by atoms with van der Waals surface area (Å²) in [5.41, 5.74) is 2.59. The number of fused-ring (bicyclic) bond motifs is 2. The van der Waals surface area contributed by atoms with Gasteiger partial charge in [0.15, 0.2) is 6.29 Å². The van der Waals surface area contributed by atoms with Gasteiger partial charge in [0.1, 0.15) is 11.4 Å². The first kappa shape index (κ1) is 24.1. The van der Waals surface area contributed by atoms with E-state index in [1.165, 1.54) is 0 Å². The monoisotopic (exact) mass is 502 g/mol. The van der Waals surface area contributed by atoms with Crippen LogP contribution in [0.1, 0.15) is 27.9 Å². The standard InChI is InChI=1S/C24H24Cl2N4O4/c1-14(33-8-6-27-23(31)21-12-15-10-17(25)2-4-19(15)29-21)34-9-7-28-24(32)22-13-16-11-18(26)3-5-20(16)30-22/h2-5,10-14,29-30H,6-9H2,1H3,(H,27,31)(H,28,32). The van der Waals surface area contributed by atoms with Gasteiger partial charge in [-0.05, 0) is 55.5 Å². The lowest BCUT2D eigenvalue weighted by molar-refractivity contribution is -0.127. The maximum Gasteiger partial charge on any atom is 0.267 e. The van der Waals surface area contributed by atoms with Gasteiger partial charge in [0.05, 0.1) is 13.2 Å². The van der Waals surface area contributed by atoms with Gasteiger partial charge in [-0.3, -0.25) is 9.59 Å². The number of aromatic nitrogens is 2. The third-order valence-electron chi connectivity index (χ3n) is 5.14. The molecule has 4 N–H and O–H groups in total. The summed E-state index contributed by atoms with van der Waals surface area (Å²) in [5.74, 6) is -0.460. The molecular weight excluding hydrogens is 479 g/mol. The molecule has 4 aromatic rings. The molecule has 2 aromatic carbocycles. The molecule has 0 unspecified atom stereocenters. The van der Waals surface area contributed by atoms with Gasteiger partial charge in [-0.15, -0.1) is 0 Å². The molecule has 0 radical (unpaired) electrons. The van der Waals surface area contributed by atoms with Gasteiger partial charge < -0.3 is 30.1 Å². The van der Waals surface area contributed by atoms with Crippen molar-refractivity contribution in [3.05, 3.63) is 70.0 Å². The zero-order chi connectivity index (χ0) is 24.1. The van der Waals surface area contributed by atoms with Gasteiger partial charge in [-0.1, -0.05) is 23.2 Å². The fourth-order valence-corrected chi connectivity index (χ4v) is 3.83. The van der Waals surface area contributed by atoms with Gasteiger partial charge in [0.25, 0.3) is 11.8 Å². The van der Waals surface area contributed by atoms with E-state index in [0.29, 0.717) is 34.5 Å². The molecule has 0 aliphatic rings. The molecule has 2 amide bonds. The van der Waals surface area contributed by atoms with E-state index >= 15 is 0 Å². The highest BCUT2D eigenvalue weighted by molar-refractivity contribution is 6.31. The van der Waals surface area contributed by atoms with Crippen LogP contribution in [0.25, 0.3) is 21.8 Å². The van der Waals surface area contributed by atoms with Crippen LogP contribution in [0, 0.1) is 0 Å². The Morgan fingerprint density at radius 2 is 1.24 bits per heavy atom. The number of ether oxygens (including phenoxy) is 2. The van der Waals surface area contributed by atoms with Gasteiger partial charge in [-0.2, -0.15) is 0 Å². The minimum atomic E-state index is -0.487. The number of aromatic amines is 2. The number of rotatable bonds is 10. The largest absolute Gasteiger partial charge is 0.351 e. The second-order valence-corrected chi connectivity index (χ2v) is 8.52. The molecule has 0 saturated heterocycles. The third-order valence-corrected chi connectivity index (χ3v) is 5.61. The summed E-state index contributed by atoms with van der Waals surface area (Å²) in [5, 5.41) is 8.56. The Balaban J connectivity index is 1.11. The van der Waals surface area contributed by atoms with Crippen LogP contribution in [-0.4, -0.2) is 54.4 Å². The molecule has 0 spiro atoms. The van der Waals surface area contributed by atoms with E-state index < -0.39 is 6.29 Å². The molecule has 0 saturated carbocycles. The number of halogens is 2.